The Morgan fingerprint density at radius 3 is 2.13 bits per heavy atom. The van der Waals surface area contributed by atoms with E-state index < -0.39 is 0 Å². The van der Waals surface area contributed by atoms with Crippen LogP contribution in [0.15, 0.2) is 48.5 Å². The van der Waals surface area contributed by atoms with Crippen molar-refractivity contribution in [3.05, 3.63) is 59.7 Å². The van der Waals surface area contributed by atoms with E-state index in [9.17, 15) is 4.79 Å². The van der Waals surface area contributed by atoms with E-state index in [1.807, 2.05) is 31.2 Å². The lowest BCUT2D eigenvalue weighted by atomic mass is 10.2. The Balaban J connectivity index is 1.85. The van der Waals surface area contributed by atoms with Gasteiger partial charge in [-0.25, -0.2) is 0 Å². The fourth-order valence-electron chi connectivity index (χ4n) is 2.08. The third-order valence-electron chi connectivity index (χ3n) is 3.28. The molecule has 2 aromatic carbocycles. The Morgan fingerprint density at radius 1 is 0.913 bits per heavy atom. The van der Waals surface area contributed by atoms with Crippen LogP contribution in [0.5, 0.6) is 11.5 Å². The molecule has 1 N–H and O–H groups in total. The molecule has 122 valence electrons. The van der Waals surface area contributed by atoms with Crippen LogP contribution in [-0.4, -0.2) is 19.1 Å². The van der Waals surface area contributed by atoms with Crippen molar-refractivity contribution in [2.75, 3.05) is 13.2 Å². The van der Waals surface area contributed by atoms with Gasteiger partial charge in [0.2, 0.25) is 0 Å². The molecule has 0 unspecified atom stereocenters. The zero-order chi connectivity index (χ0) is 16.5. The molecule has 0 aromatic heterocycles. The van der Waals surface area contributed by atoms with E-state index in [0.29, 0.717) is 25.3 Å². The van der Waals surface area contributed by atoms with Crippen molar-refractivity contribution in [2.24, 2.45) is 0 Å². The molecule has 0 aliphatic rings. The van der Waals surface area contributed by atoms with E-state index in [2.05, 4.69) is 12.2 Å². The first-order chi connectivity index (χ1) is 11.2. The van der Waals surface area contributed by atoms with Gasteiger partial charge < -0.3 is 14.8 Å². The third-order valence-corrected chi connectivity index (χ3v) is 3.28. The van der Waals surface area contributed by atoms with E-state index in [1.165, 1.54) is 0 Å². The van der Waals surface area contributed by atoms with Crippen LogP contribution in [0.4, 0.5) is 0 Å². The molecule has 23 heavy (non-hydrogen) atoms. The molecule has 0 saturated carbocycles. The molecule has 0 atom stereocenters. The maximum Gasteiger partial charge on any atom is 0.251 e. The molecule has 2 aromatic rings. The smallest absolute Gasteiger partial charge is 0.251 e. The van der Waals surface area contributed by atoms with Gasteiger partial charge in [0.25, 0.3) is 5.91 Å². The summed E-state index contributed by atoms with van der Waals surface area (Å²) in [5.74, 6) is 1.53. The van der Waals surface area contributed by atoms with Gasteiger partial charge in [-0.2, -0.15) is 0 Å². The van der Waals surface area contributed by atoms with Crippen molar-refractivity contribution in [1.29, 1.82) is 0 Å². The first-order valence-corrected chi connectivity index (χ1v) is 7.95. The van der Waals surface area contributed by atoms with Crippen LogP contribution < -0.4 is 14.8 Å². The third kappa shape index (κ3) is 5.33. The van der Waals surface area contributed by atoms with E-state index in [1.54, 1.807) is 24.3 Å². The van der Waals surface area contributed by atoms with E-state index >= 15 is 0 Å². The summed E-state index contributed by atoms with van der Waals surface area (Å²) in [5, 5.41) is 2.91. The minimum Gasteiger partial charge on any atom is -0.494 e. The highest BCUT2D eigenvalue weighted by molar-refractivity contribution is 5.94. The standard InChI is InChI=1S/C19H23NO3/c1-3-13-23-18-9-5-15(6-10-18)14-20-19(21)16-7-11-17(12-8-16)22-4-2/h5-12H,3-4,13-14H2,1-2H3,(H,20,21). The molecule has 2 rings (SSSR count). The second kappa shape index (κ2) is 8.83. The number of rotatable bonds is 8. The van der Waals surface area contributed by atoms with Crippen molar-refractivity contribution < 1.29 is 14.3 Å². The minimum absolute atomic E-state index is 0.0978. The number of carbonyl (C=O) groups is 1. The molecule has 1 amide bonds. The lowest BCUT2D eigenvalue weighted by molar-refractivity contribution is 0.0951. The number of hydrogen-bond acceptors (Lipinski definition) is 3. The molecule has 4 nitrogen and oxygen atoms in total. The van der Waals surface area contributed by atoms with Crippen molar-refractivity contribution in [1.82, 2.24) is 5.32 Å². The van der Waals surface area contributed by atoms with Gasteiger partial charge in [0.05, 0.1) is 13.2 Å². The van der Waals surface area contributed by atoms with Crippen LogP contribution in [0.2, 0.25) is 0 Å². The summed E-state index contributed by atoms with van der Waals surface area (Å²) in [7, 11) is 0. The molecule has 4 heteroatoms. The number of hydrogen-bond donors (Lipinski definition) is 1. The fraction of sp³-hybridized carbons (Fsp3) is 0.316. The predicted octanol–water partition coefficient (Wildman–Crippen LogP) is 3.80. The van der Waals surface area contributed by atoms with Gasteiger partial charge >= 0.3 is 0 Å². The molecular weight excluding hydrogens is 290 g/mol. The minimum atomic E-state index is -0.0978. The average molecular weight is 313 g/mol. The Morgan fingerprint density at radius 2 is 1.52 bits per heavy atom. The van der Waals surface area contributed by atoms with Crippen LogP contribution >= 0.6 is 0 Å². The van der Waals surface area contributed by atoms with Crippen LogP contribution in [0, 0.1) is 0 Å². The summed E-state index contributed by atoms with van der Waals surface area (Å²) in [6.07, 6.45) is 0.986. The van der Waals surface area contributed by atoms with Gasteiger partial charge in [0, 0.05) is 12.1 Å². The highest BCUT2D eigenvalue weighted by Crippen LogP contribution is 2.14. The highest BCUT2D eigenvalue weighted by atomic mass is 16.5. The molecule has 0 aliphatic carbocycles. The van der Waals surface area contributed by atoms with E-state index in [4.69, 9.17) is 9.47 Å². The zero-order valence-electron chi connectivity index (χ0n) is 13.7. The molecule has 0 saturated heterocycles. The summed E-state index contributed by atoms with van der Waals surface area (Å²) >= 11 is 0. The van der Waals surface area contributed by atoms with Crippen LogP contribution in [0.25, 0.3) is 0 Å². The van der Waals surface area contributed by atoms with Crippen molar-refractivity contribution in [3.63, 3.8) is 0 Å². The van der Waals surface area contributed by atoms with Crippen LogP contribution in [0.1, 0.15) is 36.2 Å². The predicted molar refractivity (Wildman–Crippen MR) is 91.0 cm³/mol. The normalized spacial score (nSPS) is 10.2. The van der Waals surface area contributed by atoms with Gasteiger partial charge in [-0.3, -0.25) is 4.79 Å². The van der Waals surface area contributed by atoms with Gasteiger partial charge in [-0.15, -0.1) is 0 Å². The fourth-order valence-corrected chi connectivity index (χ4v) is 2.08. The quantitative estimate of drug-likeness (QED) is 0.806. The number of amides is 1. The summed E-state index contributed by atoms with van der Waals surface area (Å²) in [5.41, 5.74) is 1.66. The summed E-state index contributed by atoms with van der Waals surface area (Å²) < 4.78 is 10.9. The van der Waals surface area contributed by atoms with Crippen LogP contribution in [0.3, 0.4) is 0 Å². The molecular formula is C19H23NO3. The number of carbonyl (C=O) groups excluding carboxylic acids is 1. The number of ether oxygens (including phenoxy) is 2. The lowest BCUT2D eigenvalue weighted by Gasteiger charge is -2.08. The maximum atomic E-state index is 12.1. The zero-order valence-corrected chi connectivity index (χ0v) is 13.7. The monoisotopic (exact) mass is 313 g/mol. The number of benzene rings is 2. The molecule has 0 heterocycles. The van der Waals surface area contributed by atoms with Crippen molar-refractivity contribution in [2.45, 2.75) is 26.8 Å². The summed E-state index contributed by atoms with van der Waals surface area (Å²) in [6.45, 7) is 5.82. The summed E-state index contributed by atoms with van der Waals surface area (Å²) in [4.78, 5) is 12.1. The second-order valence-electron chi connectivity index (χ2n) is 5.13. The Kier molecular flexibility index (Phi) is 6.48. The van der Waals surface area contributed by atoms with Gasteiger partial charge in [0.15, 0.2) is 0 Å². The van der Waals surface area contributed by atoms with Crippen molar-refractivity contribution >= 4 is 5.91 Å². The van der Waals surface area contributed by atoms with Gasteiger partial charge in [-0.1, -0.05) is 19.1 Å². The first-order valence-electron chi connectivity index (χ1n) is 7.95. The molecule has 0 radical (unpaired) electrons. The first kappa shape index (κ1) is 16.9. The van der Waals surface area contributed by atoms with Crippen molar-refractivity contribution in [3.8, 4) is 11.5 Å². The largest absolute Gasteiger partial charge is 0.494 e. The molecule has 0 aliphatic heterocycles. The maximum absolute atomic E-state index is 12.1. The molecule has 0 bridgehead atoms. The molecule has 0 fully saturated rings. The Hall–Kier alpha value is -2.49. The van der Waals surface area contributed by atoms with E-state index in [-0.39, 0.29) is 5.91 Å². The highest BCUT2D eigenvalue weighted by Gasteiger charge is 2.05. The topological polar surface area (TPSA) is 47.6 Å². The second-order valence-corrected chi connectivity index (χ2v) is 5.13. The lowest BCUT2D eigenvalue weighted by Crippen LogP contribution is -2.22. The van der Waals surface area contributed by atoms with Gasteiger partial charge in [0.1, 0.15) is 11.5 Å². The van der Waals surface area contributed by atoms with Crippen LogP contribution in [-0.2, 0) is 6.54 Å². The Labute approximate surface area is 137 Å². The van der Waals surface area contributed by atoms with E-state index in [0.717, 1.165) is 23.5 Å². The molecule has 0 spiro atoms. The Bertz CT molecular complexity index is 606. The average Bonchev–Trinajstić information content (AvgIpc) is 2.59. The number of nitrogens with one attached hydrogen (secondary N) is 1. The van der Waals surface area contributed by atoms with Gasteiger partial charge in [-0.05, 0) is 55.3 Å². The summed E-state index contributed by atoms with van der Waals surface area (Å²) in [6, 6.07) is 14.9. The SMILES string of the molecule is CCCOc1ccc(CNC(=O)c2ccc(OCC)cc2)cc1.